The fourth-order valence-corrected chi connectivity index (χ4v) is 3.02. The average molecular weight is 449 g/mol. The van der Waals surface area contributed by atoms with Crippen molar-refractivity contribution in [2.45, 2.75) is 20.0 Å². The molecule has 0 unspecified atom stereocenters. The maximum atomic E-state index is 12.3. The molecule has 146 valence electrons. The molecule has 0 aliphatic heterocycles. The van der Waals surface area contributed by atoms with Gasteiger partial charge in [-0.15, -0.1) is 0 Å². The number of nitrogens with one attached hydrogen (secondary N) is 1. The SMILES string of the molecule is COc1cccc(Cn2cc(NC(=O)Cn3nc([N+](=O)[O-])c(Br)c3C)cn2)c1. The number of aromatic nitrogens is 4. The van der Waals surface area contributed by atoms with Crippen molar-refractivity contribution in [2.24, 2.45) is 0 Å². The van der Waals surface area contributed by atoms with Crippen LogP contribution in [0.5, 0.6) is 5.75 Å². The molecule has 10 nitrogen and oxygen atoms in total. The topological polar surface area (TPSA) is 117 Å². The molecule has 0 bridgehead atoms. The fraction of sp³-hybridized carbons (Fsp3) is 0.235. The number of anilines is 1. The highest BCUT2D eigenvalue weighted by Crippen LogP contribution is 2.26. The van der Waals surface area contributed by atoms with Gasteiger partial charge in [-0.3, -0.25) is 9.48 Å². The number of nitrogens with zero attached hydrogens (tertiary/aromatic N) is 5. The second kappa shape index (κ2) is 8.21. The highest BCUT2D eigenvalue weighted by molar-refractivity contribution is 9.10. The second-order valence-electron chi connectivity index (χ2n) is 5.96. The number of benzene rings is 1. The molecule has 0 aliphatic rings. The number of halogens is 1. The summed E-state index contributed by atoms with van der Waals surface area (Å²) in [6.45, 7) is 2.01. The van der Waals surface area contributed by atoms with Gasteiger partial charge in [0, 0.05) is 6.20 Å². The van der Waals surface area contributed by atoms with Crippen LogP contribution in [0.2, 0.25) is 0 Å². The molecule has 1 N–H and O–H groups in total. The Morgan fingerprint density at radius 2 is 2.21 bits per heavy atom. The summed E-state index contributed by atoms with van der Waals surface area (Å²) in [5.41, 5.74) is 2.02. The standard InChI is InChI=1S/C17H17BrN6O4/c1-11-16(18)17(24(26)27)21-23(11)10-15(25)20-13-7-19-22(9-13)8-12-4-3-5-14(6-12)28-2/h3-7,9H,8,10H2,1-2H3,(H,20,25). The maximum Gasteiger partial charge on any atom is 0.404 e. The summed E-state index contributed by atoms with van der Waals surface area (Å²) in [6, 6.07) is 7.61. The largest absolute Gasteiger partial charge is 0.497 e. The Morgan fingerprint density at radius 3 is 2.89 bits per heavy atom. The van der Waals surface area contributed by atoms with Gasteiger partial charge in [0.25, 0.3) is 0 Å². The van der Waals surface area contributed by atoms with Crippen LogP contribution >= 0.6 is 15.9 Å². The molecular weight excluding hydrogens is 432 g/mol. The van der Waals surface area contributed by atoms with Crippen molar-refractivity contribution in [3.8, 4) is 5.75 Å². The van der Waals surface area contributed by atoms with Crippen molar-refractivity contribution >= 4 is 33.3 Å². The Kier molecular flexibility index (Phi) is 5.73. The van der Waals surface area contributed by atoms with Gasteiger partial charge in [-0.2, -0.15) is 9.78 Å². The Balaban J connectivity index is 1.64. The Morgan fingerprint density at radius 1 is 1.43 bits per heavy atom. The van der Waals surface area contributed by atoms with Crippen LogP contribution in [0, 0.1) is 17.0 Å². The summed E-state index contributed by atoms with van der Waals surface area (Å²) in [4.78, 5) is 22.6. The van der Waals surface area contributed by atoms with E-state index < -0.39 is 4.92 Å². The third-order valence-electron chi connectivity index (χ3n) is 3.98. The van der Waals surface area contributed by atoms with E-state index in [1.54, 1.807) is 24.9 Å². The van der Waals surface area contributed by atoms with E-state index in [0.29, 0.717) is 17.9 Å². The van der Waals surface area contributed by atoms with Crippen LogP contribution in [0.4, 0.5) is 11.5 Å². The molecule has 0 saturated heterocycles. The third kappa shape index (κ3) is 4.36. The van der Waals surface area contributed by atoms with Gasteiger partial charge >= 0.3 is 5.82 Å². The average Bonchev–Trinajstić information content (AvgIpc) is 3.21. The summed E-state index contributed by atoms with van der Waals surface area (Å²) in [5.74, 6) is 0.0679. The first-order chi connectivity index (χ1) is 13.4. The van der Waals surface area contributed by atoms with Crippen LogP contribution in [0.15, 0.2) is 41.1 Å². The summed E-state index contributed by atoms with van der Waals surface area (Å²) < 4.78 is 8.42. The van der Waals surface area contributed by atoms with Crippen molar-refractivity contribution in [1.82, 2.24) is 19.6 Å². The van der Waals surface area contributed by atoms with Gasteiger partial charge in [0.1, 0.15) is 16.8 Å². The summed E-state index contributed by atoms with van der Waals surface area (Å²) in [7, 11) is 1.61. The lowest BCUT2D eigenvalue weighted by molar-refractivity contribution is -0.390. The molecule has 3 rings (SSSR count). The van der Waals surface area contributed by atoms with E-state index in [1.165, 1.54) is 10.9 Å². The number of methoxy groups -OCH3 is 1. The van der Waals surface area contributed by atoms with E-state index in [0.717, 1.165) is 11.3 Å². The number of rotatable bonds is 7. The fourth-order valence-electron chi connectivity index (χ4n) is 2.59. The number of carbonyl (C=O) groups excluding carboxylic acids is 1. The minimum absolute atomic E-state index is 0.153. The molecule has 0 fully saturated rings. The first kappa shape index (κ1) is 19.5. The molecular formula is C17H17BrN6O4. The number of carbonyl (C=O) groups is 1. The van der Waals surface area contributed by atoms with E-state index in [-0.39, 0.29) is 22.7 Å². The molecule has 1 amide bonds. The van der Waals surface area contributed by atoms with Crippen LogP contribution in [0.1, 0.15) is 11.3 Å². The highest BCUT2D eigenvalue weighted by atomic mass is 79.9. The molecule has 2 heterocycles. The van der Waals surface area contributed by atoms with Crippen LogP contribution in [0.25, 0.3) is 0 Å². The molecule has 0 atom stereocenters. The zero-order chi connectivity index (χ0) is 20.3. The number of hydrogen-bond acceptors (Lipinski definition) is 6. The monoisotopic (exact) mass is 448 g/mol. The van der Waals surface area contributed by atoms with Gasteiger partial charge in [0.15, 0.2) is 0 Å². The Bertz CT molecular complexity index is 1030. The molecule has 1 aromatic carbocycles. The van der Waals surface area contributed by atoms with Crippen LogP contribution in [0.3, 0.4) is 0 Å². The zero-order valence-electron chi connectivity index (χ0n) is 15.1. The van der Waals surface area contributed by atoms with Crippen LogP contribution in [-0.2, 0) is 17.9 Å². The van der Waals surface area contributed by atoms with E-state index in [4.69, 9.17) is 4.74 Å². The minimum atomic E-state index is -0.603. The summed E-state index contributed by atoms with van der Waals surface area (Å²) >= 11 is 3.12. The Labute approximate surface area is 168 Å². The molecule has 0 aliphatic carbocycles. The van der Waals surface area contributed by atoms with Gasteiger partial charge in [-0.25, -0.2) is 0 Å². The van der Waals surface area contributed by atoms with Crippen molar-refractivity contribution in [3.05, 3.63) is 62.5 Å². The number of amides is 1. The van der Waals surface area contributed by atoms with Gasteiger partial charge in [0.05, 0.1) is 36.3 Å². The minimum Gasteiger partial charge on any atom is -0.497 e. The second-order valence-corrected chi connectivity index (χ2v) is 6.76. The number of hydrogen-bond donors (Lipinski definition) is 1. The first-order valence-corrected chi connectivity index (χ1v) is 8.99. The van der Waals surface area contributed by atoms with Gasteiger partial charge in [-0.1, -0.05) is 12.1 Å². The summed E-state index contributed by atoms with van der Waals surface area (Å²) in [6.07, 6.45) is 3.23. The zero-order valence-corrected chi connectivity index (χ0v) is 16.7. The number of ether oxygens (including phenoxy) is 1. The lowest BCUT2D eigenvalue weighted by Crippen LogP contribution is -2.20. The predicted octanol–water partition coefficient (Wildman–Crippen LogP) is 2.75. The summed E-state index contributed by atoms with van der Waals surface area (Å²) in [5, 5.41) is 21.7. The maximum absolute atomic E-state index is 12.3. The van der Waals surface area contributed by atoms with Crippen LogP contribution in [-0.4, -0.2) is 37.5 Å². The smallest absolute Gasteiger partial charge is 0.404 e. The molecule has 2 aromatic heterocycles. The third-order valence-corrected chi connectivity index (χ3v) is 4.91. The van der Waals surface area contributed by atoms with Crippen molar-refractivity contribution in [2.75, 3.05) is 12.4 Å². The molecule has 0 saturated carbocycles. The van der Waals surface area contributed by atoms with Gasteiger partial charge in [-0.05, 0) is 45.5 Å². The normalized spacial score (nSPS) is 10.7. The van der Waals surface area contributed by atoms with Gasteiger partial charge < -0.3 is 20.2 Å². The van der Waals surface area contributed by atoms with Crippen LogP contribution < -0.4 is 10.1 Å². The Hall–Kier alpha value is -3.21. The van der Waals surface area contributed by atoms with Crippen molar-refractivity contribution < 1.29 is 14.5 Å². The quantitative estimate of drug-likeness (QED) is 0.438. The predicted molar refractivity (Wildman–Crippen MR) is 104 cm³/mol. The van der Waals surface area contributed by atoms with E-state index in [2.05, 4.69) is 31.4 Å². The molecule has 3 aromatic rings. The molecule has 0 spiro atoms. The molecule has 28 heavy (non-hydrogen) atoms. The lowest BCUT2D eigenvalue weighted by atomic mass is 10.2. The molecule has 0 radical (unpaired) electrons. The van der Waals surface area contributed by atoms with Crippen molar-refractivity contribution in [3.63, 3.8) is 0 Å². The first-order valence-electron chi connectivity index (χ1n) is 8.20. The van der Waals surface area contributed by atoms with E-state index in [1.807, 2.05) is 24.3 Å². The number of nitro groups is 1. The molecule has 11 heteroatoms. The van der Waals surface area contributed by atoms with Crippen molar-refractivity contribution in [1.29, 1.82) is 0 Å². The van der Waals surface area contributed by atoms with E-state index in [9.17, 15) is 14.9 Å². The highest BCUT2D eigenvalue weighted by Gasteiger charge is 2.24. The lowest BCUT2D eigenvalue weighted by Gasteiger charge is -2.05. The van der Waals surface area contributed by atoms with Gasteiger partial charge in [0.2, 0.25) is 5.91 Å². The van der Waals surface area contributed by atoms with E-state index >= 15 is 0 Å².